The van der Waals surface area contributed by atoms with E-state index in [0.717, 1.165) is 26.7 Å². The number of nitrogens with two attached hydrogens (primary N) is 1. The van der Waals surface area contributed by atoms with Crippen LogP contribution >= 0.6 is 15.9 Å². The maximum Gasteiger partial charge on any atom is 0.230 e. The molecule has 0 atom stereocenters. The van der Waals surface area contributed by atoms with Crippen LogP contribution in [0.2, 0.25) is 0 Å². The molecule has 100 valence electrons. The van der Waals surface area contributed by atoms with Crippen LogP contribution in [0, 0.1) is 6.92 Å². The molecule has 0 amide bonds. The van der Waals surface area contributed by atoms with E-state index in [1.165, 1.54) is 6.33 Å². The Labute approximate surface area is 124 Å². The lowest BCUT2D eigenvalue weighted by Gasteiger charge is -2.10. The van der Waals surface area contributed by atoms with E-state index < -0.39 is 0 Å². The molecular weight excluding hydrogens is 318 g/mol. The van der Waals surface area contributed by atoms with E-state index >= 15 is 0 Å². The summed E-state index contributed by atoms with van der Waals surface area (Å²) >= 11 is 3.43. The maximum absolute atomic E-state index is 5.90. The molecule has 0 unspecified atom stereocenters. The van der Waals surface area contributed by atoms with Gasteiger partial charge in [0.05, 0.1) is 10.9 Å². The number of fused-ring (bicyclic) bond motifs is 1. The summed E-state index contributed by atoms with van der Waals surface area (Å²) in [6.07, 6.45) is 1.48. The van der Waals surface area contributed by atoms with Crippen LogP contribution in [-0.4, -0.2) is 9.97 Å². The fourth-order valence-corrected chi connectivity index (χ4v) is 2.44. The number of hydrogen-bond donors (Lipinski definition) is 1. The quantitative estimate of drug-likeness (QED) is 0.720. The second-order valence-corrected chi connectivity index (χ2v) is 5.38. The minimum absolute atomic E-state index is 0.528. The molecule has 0 saturated heterocycles. The first-order chi connectivity index (χ1) is 9.63. The van der Waals surface area contributed by atoms with Crippen molar-refractivity contribution in [2.45, 2.75) is 6.92 Å². The average molecular weight is 330 g/mol. The molecular formula is C15H12BrN3O. The summed E-state index contributed by atoms with van der Waals surface area (Å²) in [7, 11) is 0. The highest BCUT2D eigenvalue weighted by molar-refractivity contribution is 9.10. The van der Waals surface area contributed by atoms with Crippen LogP contribution in [0.3, 0.4) is 0 Å². The van der Waals surface area contributed by atoms with Crippen molar-refractivity contribution in [3.63, 3.8) is 0 Å². The van der Waals surface area contributed by atoms with Gasteiger partial charge < -0.3 is 10.5 Å². The van der Waals surface area contributed by atoms with Crippen molar-refractivity contribution in [2.75, 3.05) is 5.73 Å². The number of anilines is 1. The third kappa shape index (κ3) is 2.44. The predicted molar refractivity (Wildman–Crippen MR) is 82.9 cm³/mol. The van der Waals surface area contributed by atoms with Crippen LogP contribution in [0.1, 0.15) is 5.56 Å². The number of benzene rings is 2. The molecule has 0 aliphatic rings. The number of aromatic nitrogens is 2. The average Bonchev–Trinajstić information content (AvgIpc) is 2.41. The summed E-state index contributed by atoms with van der Waals surface area (Å²) in [5, 5.41) is 0.837. The largest absolute Gasteiger partial charge is 0.438 e. The SMILES string of the molecule is Cc1cc(Br)ccc1Oc1ncnc2cc(N)ccc12. The van der Waals surface area contributed by atoms with E-state index in [1.807, 2.05) is 37.3 Å². The molecule has 0 bridgehead atoms. The van der Waals surface area contributed by atoms with Gasteiger partial charge >= 0.3 is 0 Å². The summed E-state index contributed by atoms with van der Waals surface area (Å²) in [4.78, 5) is 8.41. The molecule has 0 fully saturated rings. The molecule has 20 heavy (non-hydrogen) atoms. The topological polar surface area (TPSA) is 61.0 Å². The van der Waals surface area contributed by atoms with Gasteiger partial charge in [0.15, 0.2) is 0 Å². The summed E-state index contributed by atoms with van der Waals surface area (Å²) < 4.78 is 6.92. The first kappa shape index (κ1) is 12.9. The molecule has 1 aromatic heterocycles. The van der Waals surface area contributed by atoms with E-state index in [2.05, 4.69) is 25.9 Å². The number of aryl methyl sites for hydroxylation is 1. The molecule has 2 aromatic carbocycles. The first-order valence-electron chi connectivity index (χ1n) is 6.08. The summed E-state index contributed by atoms with van der Waals surface area (Å²) in [5.74, 6) is 1.30. The number of ether oxygens (including phenoxy) is 1. The Morgan fingerprint density at radius 3 is 2.75 bits per heavy atom. The summed E-state index contributed by atoms with van der Waals surface area (Å²) in [6, 6.07) is 11.3. The van der Waals surface area contributed by atoms with Crippen LogP contribution in [0.5, 0.6) is 11.6 Å². The number of rotatable bonds is 2. The molecule has 4 nitrogen and oxygen atoms in total. The van der Waals surface area contributed by atoms with Crippen LogP contribution in [0.4, 0.5) is 5.69 Å². The Balaban J connectivity index is 2.06. The molecule has 1 heterocycles. The molecule has 0 radical (unpaired) electrons. The standard InChI is InChI=1S/C15H12BrN3O/c1-9-6-10(16)2-5-14(9)20-15-12-4-3-11(17)7-13(12)18-8-19-15/h2-8H,17H2,1H3. The van der Waals surface area contributed by atoms with Gasteiger partial charge in [-0.25, -0.2) is 9.97 Å². The van der Waals surface area contributed by atoms with Crippen LogP contribution in [0.15, 0.2) is 47.2 Å². The lowest BCUT2D eigenvalue weighted by Crippen LogP contribution is -1.94. The zero-order valence-electron chi connectivity index (χ0n) is 10.8. The number of hydrogen-bond acceptors (Lipinski definition) is 4. The Morgan fingerprint density at radius 1 is 1.10 bits per heavy atom. The van der Waals surface area contributed by atoms with E-state index in [0.29, 0.717) is 11.6 Å². The second kappa shape index (κ2) is 5.09. The van der Waals surface area contributed by atoms with Crippen molar-refractivity contribution >= 4 is 32.5 Å². The van der Waals surface area contributed by atoms with Crippen LogP contribution < -0.4 is 10.5 Å². The first-order valence-corrected chi connectivity index (χ1v) is 6.87. The van der Waals surface area contributed by atoms with Gasteiger partial charge in [-0.1, -0.05) is 15.9 Å². The molecule has 0 saturated carbocycles. The molecule has 0 spiro atoms. The zero-order valence-corrected chi connectivity index (χ0v) is 12.4. The molecule has 2 N–H and O–H groups in total. The van der Waals surface area contributed by atoms with Gasteiger partial charge in [-0.3, -0.25) is 0 Å². The number of nitrogen functional groups attached to an aromatic ring is 1. The minimum atomic E-state index is 0.528. The van der Waals surface area contributed by atoms with Crippen LogP contribution in [-0.2, 0) is 0 Å². The van der Waals surface area contributed by atoms with Gasteiger partial charge in [0.1, 0.15) is 12.1 Å². The van der Waals surface area contributed by atoms with Gasteiger partial charge in [0.25, 0.3) is 0 Å². The number of nitrogens with zero attached hydrogens (tertiary/aromatic N) is 2. The van der Waals surface area contributed by atoms with Crippen molar-refractivity contribution in [2.24, 2.45) is 0 Å². The van der Waals surface area contributed by atoms with Crippen molar-refractivity contribution < 1.29 is 4.74 Å². The summed E-state index contributed by atoms with van der Waals surface area (Å²) in [5.41, 5.74) is 8.23. The van der Waals surface area contributed by atoms with Crippen molar-refractivity contribution in [1.29, 1.82) is 0 Å². The van der Waals surface area contributed by atoms with Crippen molar-refractivity contribution in [3.8, 4) is 11.6 Å². The van der Waals surface area contributed by atoms with Crippen molar-refractivity contribution in [3.05, 3.63) is 52.8 Å². The third-order valence-electron chi connectivity index (χ3n) is 2.97. The van der Waals surface area contributed by atoms with Gasteiger partial charge in [0.2, 0.25) is 5.88 Å². The Kier molecular flexibility index (Phi) is 3.28. The summed E-state index contributed by atoms with van der Waals surface area (Å²) in [6.45, 7) is 1.99. The van der Waals surface area contributed by atoms with Gasteiger partial charge in [-0.05, 0) is 48.9 Å². The zero-order chi connectivity index (χ0) is 14.1. The van der Waals surface area contributed by atoms with E-state index in [-0.39, 0.29) is 0 Å². The Hall–Kier alpha value is -2.14. The molecule has 3 aromatic rings. The van der Waals surface area contributed by atoms with E-state index in [1.54, 1.807) is 6.07 Å². The van der Waals surface area contributed by atoms with Gasteiger partial charge in [-0.15, -0.1) is 0 Å². The van der Waals surface area contributed by atoms with Crippen molar-refractivity contribution in [1.82, 2.24) is 9.97 Å². The Bertz CT molecular complexity index is 789. The normalized spacial score (nSPS) is 10.7. The second-order valence-electron chi connectivity index (χ2n) is 4.47. The lowest BCUT2D eigenvalue weighted by atomic mass is 10.2. The molecule has 0 aliphatic carbocycles. The maximum atomic E-state index is 5.90. The highest BCUT2D eigenvalue weighted by Gasteiger charge is 2.08. The highest BCUT2D eigenvalue weighted by atomic mass is 79.9. The fraction of sp³-hybridized carbons (Fsp3) is 0.0667. The Morgan fingerprint density at radius 2 is 1.95 bits per heavy atom. The minimum Gasteiger partial charge on any atom is -0.438 e. The third-order valence-corrected chi connectivity index (χ3v) is 3.46. The molecule has 5 heteroatoms. The van der Waals surface area contributed by atoms with E-state index in [4.69, 9.17) is 10.5 Å². The van der Waals surface area contributed by atoms with E-state index in [9.17, 15) is 0 Å². The highest BCUT2D eigenvalue weighted by Crippen LogP contribution is 2.30. The molecule has 0 aliphatic heterocycles. The molecule has 3 rings (SSSR count). The van der Waals surface area contributed by atoms with Gasteiger partial charge in [0, 0.05) is 10.2 Å². The predicted octanol–water partition coefficient (Wildman–Crippen LogP) is 4.08. The smallest absolute Gasteiger partial charge is 0.230 e. The van der Waals surface area contributed by atoms with Crippen LogP contribution in [0.25, 0.3) is 10.9 Å². The lowest BCUT2D eigenvalue weighted by molar-refractivity contribution is 0.464. The monoisotopic (exact) mass is 329 g/mol. The van der Waals surface area contributed by atoms with Gasteiger partial charge in [-0.2, -0.15) is 0 Å². The number of halogens is 1. The fourth-order valence-electron chi connectivity index (χ4n) is 1.96.